The monoisotopic (exact) mass is 510 g/mol. The Morgan fingerprint density at radius 1 is 1.20 bits per heavy atom. The fourth-order valence-corrected chi connectivity index (χ4v) is 5.95. The zero-order valence-electron chi connectivity index (χ0n) is 19.4. The third kappa shape index (κ3) is 6.30. The second-order valence-electron chi connectivity index (χ2n) is 9.10. The van der Waals surface area contributed by atoms with Crippen LogP contribution in [0, 0.1) is 17.2 Å². The van der Waals surface area contributed by atoms with Crippen molar-refractivity contribution in [2.24, 2.45) is 5.92 Å². The second kappa shape index (κ2) is 10.6. The summed E-state index contributed by atoms with van der Waals surface area (Å²) in [6, 6.07) is 15.9. The van der Waals surface area contributed by atoms with Crippen LogP contribution in [0.5, 0.6) is 0 Å². The molecule has 3 aromatic rings. The molecule has 1 N–H and O–H groups in total. The summed E-state index contributed by atoms with van der Waals surface area (Å²) in [6.07, 6.45) is 8.06. The number of anilines is 1. The van der Waals surface area contributed by atoms with Gasteiger partial charge in [0.25, 0.3) is 0 Å². The van der Waals surface area contributed by atoms with Crippen molar-refractivity contribution >= 4 is 33.2 Å². The van der Waals surface area contributed by atoms with Gasteiger partial charge in [-0.1, -0.05) is 55.5 Å². The van der Waals surface area contributed by atoms with Gasteiger partial charge >= 0.3 is 0 Å². The summed E-state index contributed by atoms with van der Waals surface area (Å²) in [4.78, 5) is 13.4. The SMILES string of the molecule is CS(=O)(=O)c1ccc(C(CC2CCCC2)C(=O)Nc2ccn(Cc3ccc(C#N)cc3)n2)cc1Cl. The van der Waals surface area contributed by atoms with Crippen molar-refractivity contribution in [2.75, 3.05) is 11.6 Å². The normalized spacial score (nSPS) is 15.0. The lowest BCUT2D eigenvalue weighted by Gasteiger charge is -2.21. The Labute approximate surface area is 210 Å². The van der Waals surface area contributed by atoms with Gasteiger partial charge < -0.3 is 5.32 Å². The molecule has 4 rings (SSSR count). The van der Waals surface area contributed by atoms with Crippen LogP contribution in [-0.2, 0) is 21.2 Å². The van der Waals surface area contributed by atoms with E-state index in [1.165, 1.54) is 6.07 Å². The molecule has 1 heterocycles. The standard InChI is InChI=1S/C26H27ClN4O3S/c1-35(33,34)24-11-10-21(15-23(24)27)22(14-18-4-2-3-5-18)26(32)29-25-12-13-31(30-25)17-20-8-6-19(16-28)7-9-20/h6-13,15,18,22H,2-5,14,17H2,1H3,(H,29,30,32). The number of rotatable bonds is 8. The summed E-state index contributed by atoms with van der Waals surface area (Å²) in [5, 5.41) is 16.5. The fraction of sp³-hybridized carbons (Fsp3) is 0.346. The Bertz CT molecular complexity index is 1350. The van der Waals surface area contributed by atoms with Gasteiger partial charge in [0.1, 0.15) is 0 Å². The molecule has 1 atom stereocenters. The van der Waals surface area contributed by atoms with Crippen molar-refractivity contribution in [1.82, 2.24) is 9.78 Å². The Morgan fingerprint density at radius 3 is 2.54 bits per heavy atom. The zero-order chi connectivity index (χ0) is 25.0. The number of halogens is 1. The lowest BCUT2D eigenvalue weighted by molar-refractivity contribution is -0.118. The number of amides is 1. The molecule has 9 heteroatoms. The first-order valence-electron chi connectivity index (χ1n) is 11.6. The van der Waals surface area contributed by atoms with Crippen LogP contribution >= 0.6 is 11.6 Å². The first-order valence-corrected chi connectivity index (χ1v) is 13.8. The minimum Gasteiger partial charge on any atom is -0.309 e. The molecule has 0 radical (unpaired) electrons. The molecule has 182 valence electrons. The zero-order valence-corrected chi connectivity index (χ0v) is 21.0. The van der Waals surface area contributed by atoms with Crippen LogP contribution < -0.4 is 5.32 Å². The third-order valence-electron chi connectivity index (χ3n) is 6.44. The quantitative estimate of drug-likeness (QED) is 0.450. The molecule has 0 spiro atoms. The molecular weight excluding hydrogens is 484 g/mol. The lowest BCUT2D eigenvalue weighted by Crippen LogP contribution is -2.23. The molecule has 0 bridgehead atoms. The third-order valence-corrected chi connectivity index (χ3v) is 8.02. The molecule has 1 amide bonds. The highest BCUT2D eigenvalue weighted by Crippen LogP contribution is 2.36. The van der Waals surface area contributed by atoms with Crippen LogP contribution in [0.25, 0.3) is 0 Å². The highest BCUT2D eigenvalue weighted by molar-refractivity contribution is 7.90. The summed E-state index contributed by atoms with van der Waals surface area (Å²) in [5.74, 6) is 0.226. The van der Waals surface area contributed by atoms with E-state index in [1.54, 1.807) is 41.2 Å². The average molecular weight is 511 g/mol. The van der Waals surface area contributed by atoms with E-state index in [2.05, 4.69) is 16.5 Å². The topological polar surface area (TPSA) is 105 Å². The lowest BCUT2D eigenvalue weighted by atomic mass is 9.87. The molecule has 7 nitrogen and oxygen atoms in total. The summed E-state index contributed by atoms with van der Waals surface area (Å²) >= 11 is 6.29. The summed E-state index contributed by atoms with van der Waals surface area (Å²) < 4.78 is 25.7. The molecule has 0 saturated heterocycles. The summed E-state index contributed by atoms with van der Waals surface area (Å²) in [6.45, 7) is 0.510. The number of nitrogens with one attached hydrogen (secondary N) is 1. The minimum atomic E-state index is -3.46. The molecule has 1 aromatic heterocycles. The van der Waals surface area contributed by atoms with Crippen LogP contribution in [0.4, 0.5) is 5.82 Å². The maximum atomic E-state index is 13.4. The number of sulfone groups is 1. The second-order valence-corrected chi connectivity index (χ2v) is 11.5. The van der Waals surface area contributed by atoms with Crippen LogP contribution in [0.2, 0.25) is 5.02 Å². The van der Waals surface area contributed by atoms with Gasteiger partial charge in [0.05, 0.1) is 34.0 Å². The Morgan fingerprint density at radius 2 is 1.91 bits per heavy atom. The fourth-order valence-electron chi connectivity index (χ4n) is 4.61. The molecule has 1 aliphatic rings. The molecule has 1 saturated carbocycles. The van der Waals surface area contributed by atoms with Gasteiger partial charge in [0, 0.05) is 18.5 Å². The van der Waals surface area contributed by atoms with Gasteiger partial charge in [0.15, 0.2) is 15.7 Å². The molecular formula is C26H27ClN4O3S. The van der Waals surface area contributed by atoms with E-state index in [4.69, 9.17) is 16.9 Å². The number of hydrogen-bond acceptors (Lipinski definition) is 5. The minimum absolute atomic E-state index is 0.0597. The first-order chi connectivity index (χ1) is 16.7. The van der Waals surface area contributed by atoms with E-state index in [9.17, 15) is 13.2 Å². The van der Waals surface area contributed by atoms with E-state index in [1.807, 2.05) is 12.1 Å². The van der Waals surface area contributed by atoms with E-state index >= 15 is 0 Å². The smallest absolute Gasteiger partial charge is 0.233 e. The van der Waals surface area contributed by atoms with Crippen LogP contribution in [-0.4, -0.2) is 30.4 Å². The maximum absolute atomic E-state index is 13.4. The predicted molar refractivity (Wildman–Crippen MR) is 135 cm³/mol. The van der Waals surface area contributed by atoms with Gasteiger partial charge in [-0.15, -0.1) is 0 Å². The van der Waals surface area contributed by atoms with Gasteiger partial charge in [-0.3, -0.25) is 9.48 Å². The summed E-state index contributed by atoms with van der Waals surface area (Å²) in [7, 11) is -3.46. The van der Waals surface area contributed by atoms with E-state index < -0.39 is 15.8 Å². The highest BCUT2D eigenvalue weighted by Gasteiger charge is 2.28. The van der Waals surface area contributed by atoms with Crippen molar-refractivity contribution in [3.8, 4) is 6.07 Å². The Hall–Kier alpha value is -3.15. The molecule has 2 aromatic carbocycles. The van der Waals surface area contributed by atoms with E-state index in [0.717, 1.165) is 37.5 Å². The molecule has 35 heavy (non-hydrogen) atoms. The highest BCUT2D eigenvalue weighted by atomic mass is 35.5. The van der Waals surface area contributed by atoms with E-state index in [0.29, 0.717) is 35.8 Å². The first kappa shape index (κ1) is 25.0. The van der Waals surface area contributed by atoms with Crippen molar-refractivity contribution in [3.05, 3.63) is 76.4 Å². The number of hydrogen-bond donors (Lipinski definition) is 1. The number of aromatic nitrogens is 2. The van der Waals surface area contributed by atoms with Crippen LogP contribution in [0.15, 0.2) is 59.6 Å². The van der Waals surface area contributed by atoms with Gasteiger partial charge in [-0.05, 0) is 47.7 Å². The molecule has 1 unspecified atom stereocenters. The number of nitriles is 1. The Kier molecular flexibility index (Phi) is 7.58. The Balaban J connectivity index is 1.51. The number of carbonyl (C=O) groups excluding carboxylic acids is 1. The summed E-state index contributed by atoms with van der Waals surface area (Å²) in [5.41, 5.74) is 2.29. The van der Waals surface area contributed by atoms with Gasteiger partial charge in [0.2, 0.25) is 5.91 Å². The molecule has 1 aliphatic carbocycles. The average Bonchev–Trinajstić information content (AvgIpc) is 3.49. The van der Waals surface area contributed by atoms with Crippen molar-refractivity contribution in [3.63, 3.8) is 0 Å². The van der Waals surface area contributed by atoms with Gasteiger partial charge in [-0.2, -0.15) is 10.4 Å². The predicted octanol–water partition coefficient (Wildman–Crippen LogP) is 5.16. The van der Waals surface area contributed by atoms with Crippen LogP contribution in [0.3, 0.4) is 0 Å². The van der Waals surface area contributed by atoms with Crippen molar-refractivity contribution < 1.29 is 13.2 Å². The molecule has 0 aliphatic heterocycles. The molecule has 1 fully saturated rings. The van der Waals surface area contributed by atoms with Crippen molar-refractivity contribution in [1.29, 1.82) is 5.26 Å². The maximum Gasteiger partial charge on any atom is 0.233 e. The number of carbonyl (C=O) groups is 1. The van der Waals surface area contributed by atoms with E-state index in [-0.39, 0.29) is 15.8 Å². The largest absolute Gasteiger partial charge is 0.309 e. The van der Waals surface area contributed by atoms with Gasteiger partial charge in [-0.25, -0.2) is 8.42 Å². The van der Waals surface area contributed by atoms with Crippen molar-refractivity contribution in [2.45, 2.75) is 49.5 Å². The number of nitrogens with zero attached hydrogens (tertiary/aromatic N) is 3. The van der Waals surface area contributed by atoms with Crippen LogP contribution in [0.1, 0.15) is 54.7 Å². The number of benzene rings is 2.